The molecule has 1 aromatic rings. The van der Waals surface area contributed by atoms with E-state index in [1.165, 1.54) is 0 Å². The third kappa shape index (κ3) is 3.62. The molecule has 1 amide bonds. The Morgan fingerprint density at radius 1 is 1.56 bits per heavy atom. The molecule has 4 nitrogen and oxygen atoms in total. The molecular weight excluding hydrogens is 204 g/mol. The van der Waals surface area contributed by atoms with Crippen LogP contribution in [0.4, 0.5) is 0 Å². The van der Waals surface area contributed by atoms with Gasteiger partial charge in [-0.15, -0.1) is 0 Å². The van der Waals surface area contributed by atoms with E-state index in [9.17, 15) is 4.79 Å². The van der Waals surface area contributed by atoms with Crippen LogP contribution in [0.3, 0.4) is 0 Å². The summed E-state index contributed by atoms with van der Waals surface area (Å²) < 4.78 is 4.85. The topological polar surface area (TPSA) is 51.2 Å². The average molecular weight is 222 g/mol. The van der Waals surface area contributed by atoms with Crippen LogP contribution in [0.15, 0.2) is 18.3 Å². The van der Waals surface area contributed by atoms with E-state index >= 15 is 0 Å². The van der Waals surface area contributed by atoms with Gasteiger partial charge in [0.15, 0.2) is 0 Å². The molecule has 1 N–H and O–H groups in total. The highest BCUT2D eigenvalue weighted by molar-refractivity contribution is 5.92. The lowest BCUT2D eigenvalue weighted by atomic mass is 10.0. The van der Waals surface area contributed by atoms with Gasteiger partial charge in [0.25, 0.3) is 5.91 Å². The first-order valence-electron chi connectivity index (χ1n) is 5.38. The maximum absolute atomic E-state index is 11.7. The number of carbonyl (C=O) groups is 1. The highest BCUT2D eigenvalue weighted by Crippen LogP contribution is 2.13. The molecule has 0 spiro atoms. The summed E-state index contributed by atoms with van der Waals surface area (Å²) in [5, 5.41) is 2.74. The number of ether oxygens (including phenoxy) is 1. The second-order valence-corrected chi connectivity index (χ2v) is 3.88. The zero-order valence-corrected chi connectivity index (χ0v) is 9.99. The Morgan fingerprint density at radius 3 is 2.94 bits per heavy atom. The van der Waals surface area contributed by atoms with Crippen molar-refractivity contribution in [2.24, 2.45) is 0 Å². The predicted molar refractivity (Wildman–Crippen MR) is 62.5 cm³/mol. The fraction of sp³-hybridized carbons (Fsp3) is 0.500. The molecule has 0 atom stereocenters. The predicted octanol–water partition coefficient (Wildman–Crippen LogP) is 1.58. The third-order valence-corrected chi connectivity index (χ3v) is 2.28. The number of hydrogen-bond acceptors (Lipinski definition) is 3. The second-order valence-electron chi connectivity index (χ2n) is 3.88. The van der Waals surface area contributed by atoms with Crippen molar-refractivity contribution < 1.29 is 9.53 Å². The fourth-order valence-corrected chi connectivity index (χ4v) is 1.29. The van der Waals surface area contributed by atoms with E-state index in [0.717, 1.165) is 5.56 Å². The summed E-state index contributed by atoms with van der Waals surface area (Å²) >= 11 is 0. The maximum atomic E-state index is 11.7. The molecule has 0 saturated heterocycles. The Labute approximate surface area is 96.0 Å². The molecule has 1 rings (SSSR count). The van der Waals surface area contributed by atoms with E-state index in [-0.39, 0.29) is 5.91 Å². The second kappa shape index (κ2) is 6.23. The third-order valence-electron chi connectivity index (χ3n) is 2.28. The first-order chi connectivity index (χ1) is 7.65. The number of pyridine rings is 1. The van der Waals surface area contributed by atoms with Crippen LogP contribution in [-0.4, -0.2) is 31.2 Å². The molecule has 0 fully saturated rings. The quantitative estimate of drug-likeness (QED) is 0.769. The Kier molecular flexibility index (Phi) is 4.92. The van der Waals surface area contributed by atoms with Gasteiger partial charge in [-0.2, -0.15) is 0 Å². The Morgan fingerprint density at radius 2 is 2.31 bits per heavy atom. The molecule has 0 aliphatic carbocycles. The molecule has 0 saturated carbocycles. The molecule has 16 heavy (non-hydrogen) atoms. The van der Waals surface area contributed by atoms with Gasteiger partial charge in [0.05, 0.1) is 6.61 Å². The molecule has 0 unspecified atom stereocenters. The van der Waals surface area contributed by atoms with Gasteiger partial charge in [0.1, 0.15) is 5.69 Å². The number of amides is 1. The summed E-state index contributed by atoms with van der Waals surface area (Å²) in [7, 11) is 1.60. The monoisotopic (exact) mass is 222 g/mol. The summed E-state index contributed by atoms with van der Waals surface area (Å²) in [6, 6.07) is 3.75. The van der Waals surface area contributed by atoms with Crippen molar-refractivity contribution in [2.45, 2.75) is 19.8 Å². The van der Waals surface area contributed by atoms with Crippen LogP contribution < -0.4 is 5.32 Å². The number of nitrogens with one attached hydrogen (secondary N) is 1. The number of aromatic nitrogens is 1. The van der Waals surface area contributed by atoms with Gasteiger partial charge in [-0.25, -0.2) is 0 Å². The Bertz CT molecular complexity index is 351. The van der Waals surface area contributed by atoms with E-state index in [1.54, 1.807) is 13.3 Å². The van der Waals surface area contributed by atoms with Crippen LogP contribution in [-0.2, 0) is 4.74 Å². The number of nitrogens with zero attached hydrogens (tertiary/aromatic N) is 1. The van der Waals surface area contributed by atoms with Gasteiger partial charge in [-0.05, 0) is 23.6 Å². The highest BCUT2D eigenvalue weighted by Gasteiger charge is 2.08. The van der Waals surface area contributed by atoms with Crippen molar-refractivity contribution in [3.05, 3.63) is 29.6 Å². The first-order valence-corrected chi connectivity index (χ1v) is 5.38. The van der Waals surface area contributed by atoms with Crippen LogP contribution in [0.25, 0.3) is 0 Å². The molecular formula is C12H18N2O2. The Hall–Kier alpha value is -1.42. The van der Waals surface area contributed by atoms with Crippen molar-refractivity contribution in [3.63, 3.8) is 0 Å². The van der Waals surface area contributed by atoms with Crippen molar-refractivity contribution in [3.8, 4) is 0 Å². The van der Waals surface area contributed by atoms with Gasteiger partial charge in [0.2, 0.25) is 0 Å². The molecule has 1 heterocycles. The lowest BCUT2D eigenvalue weighted by Gasteiger charge is -2.07. The Balaban J connectivity index is 2.64. The van der Waals surface area contributed by atoms with Gasteiger partial charge < -0.3 is 10.1 Å². The highest BCUT2D eigenvalue weighted by atomic mass is 16.5. The molecule has 0 radical (unpaired) electrons. The van der Waals surface area contributed by atoms with Crippen LogP contribution >= 0.6 is 0 Å². The fourth-order valence-electron chi connectivity index (χ4n) is 1.29. The van der Waals surface area contributed by atoms with Crippen molar-refractivity contribution in [2.75, 3.05) is 20.3 Å². The number of methoxy groups -OCH3 is 1. The van der Waals surface area contributed by atoms with Gasteiger partial charge in [-0.1, -0.05) is 13.8 Å². The number of carbonyl (C=O) groups excluding carboxylic acids is 1. The average Bonchev–Trinajstić information content (AvgIpc) is 2.29. The van der Waals surface area contributed by atoms with Crippen molar-refractivity contribution in [1.82, 2.24) is 10.3 Å². The first kappa shape index (κ1) is 12.6. The summed E-state index contributed by atoms with van der Waals surface area (Å²) in [5.41, 5.74) is 1.58. The summed E-state index contributed by atoms with van der Waals surface area (Å²) in [5.74, 6) is 0.244. The maximum Gasteiger partial charge on any atom is 0.269 e. The minimum Gasteiger partial charge on any atom is -0.383 e. The lowest BCUT2D eigenvalue weighted by Crippen LogP contribution is -2.27. The number of rotatable bonds is 5. The van der Waals surface area contributed by atoms with Gasteiger partial charge >= 0.3 is 0 Å². The zero-order chi connectivity index (χ0) is 12.0. The minimum atomic E-state index is -0.153. The molecule has 0 aliphatic heterocycles. The minimum absolute atomic E-state index is 0.153. The van der Waals surface area contributed by atoms with E-state index in [4.69, 9.17) is 4.74 Å². The van der Waals surface area contributed by atoms with E-state index in [0.29, 0.717) is 24.8 Å². The van der Waals surface area contributed by atoms with Crippen LogP contribution in [0.5, 0.6) is 0 Å². The van der Waals surface area contributed by atoms with Crippen LogP contribution in [0.1, 0.15) is 35.8 Å². The van der Waals surface area contributed by atoms with Crippen molar-refractivity contribution >= 4 is 5.91 Å². The van der Waals surface area contributed by atoms with Gasteiger partial charge in [0, 0.05) is 19.9 Å². The van der Waals surface area contributed by atoms with E-state index in [2.05, 4.69) is 24.1 Å². The largest absolute Gasteiger partial charge is 0.383 e. The van der Waals surface area contributed by atoms with E-state index < -0.39 is 0 Å². The lowest BCUT2D eigenvalue weighted by molar-refractivity contribution is 0.0932. The SMILES string of the molecule is COCCNC(=O)c1cc(C(C)C)ccn1. The molecule has 4 heteroatoms. The zero-order valence-electron chi connectivity index (χ0n) is 9.99. The molecule has 0 bridgehead atoms. The number of hydrogen-bond donors (Lipinski definition) is 1. The van der Waals surface area contributed by atoms with Crippen LogP contribution in [0.2, 0.25) is 0 Å². The van der Waals surface area contributed by atoms with Gasteiger partial charge in [-0.3, -0.25) is 9.78 Å². The smallest absolute Gasteiger partial charge is 0.269 e. The molecule has 0 aliphatic rings. The standard InChI is InChI=1S/C12H18N2O2/c1-9(2)10-4-5-13-11(8-10)12(15)14-6-7-16-3/h4-5,8-9H,6-7H2,1-3H3,(H,14,15). The van der Waals surface area contributed by atoms with Crippen molar-refractivity contribution in [1.29, 1.82) is 0 Å². The molecule has 1 aromatic heterocycles. The van der Waals surface area contributed by atoms with Crippen LogP contribution in [0, 0.1) is 0 Å². The molecule has 0 aromatic carbocycles. The summed E-state index contributed by atoms with van der Waals surface area (Å²) in [6.45, 7) is 5.18. The molecule has 88 valence electrons. The van der Waals surface area contributed by atoms with E-state index in [1.807, 2.05) is 12.1 Å². The summed E-state index contributed by atoms with van der Waals surface area (Å²) in [6.07, 6.45) is 1.67. The summed E-state index contributed by atoms with van der Waals surface area (Å²) in [4.78, 5) is 15.7. The normalized spacial score (nSPS) is 10.5.